The zero-order valence-corrected chi connectivity index (χ0v) is 10.3. The van der Waals surface area contributed by atoms with Gasteiger partial charge in [0.1, 0.15) is 5.82 Å². The SMILES string of the molecule is Cc1cc(CN2CC[C@@H](N)C2)ccc1F.Cl. The Kier molecular flexibility index (Phi) is 4.71. The minimum Gasteiger partial charge on any atom is -0.326 e. The number of likely N-dealkylation sites (tertiary alicyclic amines) is 1. The summed E-state index contributed by atoms with van der Waals surface area (Å²) in [4.78, 5) is 2.32. The van der Waals surface area contributed by atoms with E-state index in [2.05, 4.69) is 4.90 Å². The van der Waals surface area contributed by atoms with Crippen LogP contribution in [-0.4, -0.2) is 24.0 Å². The van der Waals surface area contributed by atoms with E-state index in [1.54, 1.807) is 13.0 Å². The van der Waals surface area contributed by atoms with Crippen molar-refractivity contribution in [3.05, 3.63) is 35.1 Å². The second-order valence-electron chi connectivity index (χ2n) is 4.37. The fourth-order valence-electron chi connectivity index (χ4n) is 2.07. The largest absolute Gasteiger partial charge is 0.326 e. The summed E-state index contributed by atoms with van der Waals surface area (Å²) in [6.07, 6.45) is 1.07. The molecule has 1 aromatic rings. The molecule has 2 rings (SSSR count). The molecule has 0 radical (unpaired) electrons. The van der Waals surface area contributed by atoms with Crippen molar-refractivity contribution in [1.29, 1.82) is 0 Å². The summed E-state index contributed by atoms with van der Waals surface area (Å²) in [5.74, 6) is -0.128. The van der Waals surface area contributed by atoms with E-state index in [0.29, 0.717) is 6.04 Å². The summed E-state index contributed by atoms with van der Waals surface area (Å²) in [7, 11) is 0. The van der Waals surface area contributed by atoms with Gasteiger partial charge in [-0.1, -0.05) is 12.1 Å². The smallest absolute Gasteiger partial charge is 0.126 e. The van der Waals surface area contributed by atoms with Crippen LogP contribution in [0.3, 0.4) is 0 Å². The molecule has 1 aliphatic rings. The van der Waals surface area contributed by atoms with E-state index in [4.69, 9.17) is 5.73 Å². The van der Waals surface area contributed by atoms with Crippen molar-refractivity contribution < 1.29 is 4.39 Å². The molecular formula is C12H18ClFN2. The second kappa shape index (κ2) is 5.62. The van der Waals surface area contributed by atoms with Gasteiger partial charge in [-0.25, -0.2) is 4.39 Å². The van der Waals surface area contributed by atoms with Gasteiger partial charge in [-0.3, -0.25) is 4.90 Å². The highest BCUT2D eigenvalue weighted by Gasteiger charge is 2.18. The van der Waals surface area contributed by atoms with E-state index in [0.717, 1.165) is 31.6 Å². The van der Waals surface area contributed by atoms with Gasteiger partial charge in [0.05, 0.1) is 0 Å². The van der Waals surface area contributed by atoms with Crippen LogP contribution in [0, 0.1) is 12.7 Å². The van der Waals surface area contributed by atoms with E-state index >= 15 is 0 Å². The topological polar surface area (TPSA) is 29.3 Å². The molecule has 0 aromatic heterocycles. The molecule has 2 nitrogen and oxygen atoms in total. The monoisotopic (exact) mass is 244 g/mol. The van der Waals surface area contributed by atoms with Gasteiger partial charge < -0.3 is 5.73 Å². The maximum atomic E-state index is 13.0. The number of hydrogen-bond donors (Lipinski definition) is 1. The van der Waals surface area contributed by atoms with Gasteiger partial charge in [0, 0.05) is 25.7 Å². The molecule has 4 heteroatoms. The molecule has 90 valence electrons. The number of hydrogen-bond acceptors (Lipinski definition) is 2. The molecule has 0 bridgehead atoms. The van der Waals surface area contributed by atoms with E-state index in [-0.39, 0.29) is 18.2 Å². The van der Waals surface area contributed by atoms with Gasteiger partial charge in [0.25, 0.3) is 0 Å². The van der Waals surface area contributed by atoms with Gasteiger partial charge in [-0.15, -0.1) is 12.4 Å². The molecule has 2 N–H and O–H groups in total. The van der Waals surface area contributed by atoms with Crippen LogP contribution >= 0.6 is 12.4 Å². The fourth-order valence-corrected chi connectivity index (χ4v) is 2.07. The molecule has 0 spiro atoms. The molecule has 1 fully saturated rings. The number of rotatable bonds is 2. The Morgan fingerprint density at radius 3 is 2.81 bits per heavy atom. The van der Waals surface area contributed by atoms with Crippen LogP contribution in [0.25, 0.3) is 0 Å². The maximum Gasteiger partial charge on any atom is 0.126 e. The Hall–Kier alpha value is -0.640. The van der Waals surface area contributed by atoms with E-state index < -0.39 is 0 Å². The standard InChI is InChI=1S/C12H17FN2.ClH/c1-9-6-10(2-3-12(9)13)7-15-5-4-11(14)8-15;/h2-3,6,11H,4-5,7-8,14H2,1H3;1H/t11-;/m1./s1. The highest BCUT2D eigenvalue weighted by atomic mass is 35.5. The lowest BCUT2D eigenvalue weighted by atomic mass is 10.1. The maximum absolute atomic E-state index is 13.0. The Bertz CT molecular complexity index is 357. The lowest BCUT2D eigenvalue weighted by Crippen LogP contribution is -2.26. The number of aryl methyl sites for hydroxylation is 1. The van der Waals surface area contributed by atoms with Crippen LogP contribution < -0.4 is 5.73 Å². The molecule has 0 unspecified atom stereocenters. The highest BCUT2D eigenvalue weighted by molar-refractivity contribution is 5.85. The predicted octanol–water partition coefficient (Wildman–Crippen LogP) is 2.09. The summed E-state index contributed by atoms with van der Waals surface area (Å²) in [6, 6.07) is 5.62. The minimum absolute atomic E-state index is 0. The number of nitrogens with zero attached hydrogens (tertiary/aromatic N) is 1. The molecule has 1 atom stereocenters. The van der Waals surface area contributed by atoms with Gasteiger partial charge in [-0.05, 0) is 30.5 Å². The summed E-state index contributed by atoms with van der Waals surface area (Å²) in [5, 5.41) is 0. The van der Waals surface area contributed by atoms with Crippen molar-refractivity contribution in [2.75, 3.05) is 13.1 Å². The Morgan fingerprint density at radius 1 is 1.50 bits per heavy atom. The van der Waals surface area contributed by atoms with Crippen LogP contribution in [0.5, 0.6) is 0 Å². The van der Waals surface area contributed by atoms with Gasteiger partial charge in [0.15, 0.2) is 0 Å². The summed E-state index contributed by atoms with van der Waals surface area (Å²) < 4.78 is 13.0. The van der Waals surface area contributed by atoms with Crippen LogP contribution in [-0.2, 0) is 6.54 Å². The first-order chi connectivity index (χ1) is 7.15. The third kappa shape index (κ3) is 3.17. The Labute approximate surface area is 102 Å². The Morgan fingerprint density at radius 2 is 2.25 bits per heavy atom. The van der Waals surface area contributed by atoms with E-state index in [1.165, 1.54) is 5.56 Å². The molecule has 1 heterocycles. The van der Waals surface area contributed by atoms with Crippen molar-refractivity contribution >= 4 is 12.4 Å². The van der Waals surface area contributed by atoms with Gasteiger partial charge in [0.2, 0.25) is 0 Å². The van der Waals surface area contributed by atoms with Crippen LogP contribution in [0.2, 0.25) is 0 Å². The summed E-state index contributed by atoms with van der Waals surface area (Å²) in [6.45, 7) is 4.69. The van der Waals surface area contributed by atoms with Crippen molar-refractivity contribution in [3.8, 4) is 0 Å². The average Bonchev–Trinajstić information content (AvgIpc) is 2.58. The second-order valence-corrected chi connectivity index (χ2v) is 4.37. The van der Waals surface area contributed by atoms with Gasteiger partial charge in [-0.2, -0.15) is 0 Å². The quantitative estimate of drug-likeness (QED) is 0.863. The van der Waals surface area contributed by atoms with Crippen LogP contribution in [0.4, 0.5) is 4.39 Å². The first-order valence-electron chi connectivity index (χ1n) is 5.38. The van der Waals surface area contributed by atoms with Crippen molar-refractivity contribution in [1.82, 2.24) is 4.90 Å². The van der Waals surface area contributed by atoms with Gasteiger partial charge >= 0.3 is 0 Å². The van der Waals surface area contributed by atoms with Crippen LogP contribution in [0.1, 0.15) is 17.5 Å². The van der Waals surface area contributed by atoms with E-state index in [9.17, 15) is 4.39 Å². The van der Waals surface area contributed by atoms with Crippen molar-refractivity contribution in [2.45, 2.75) is 25.9 Å². The number of halogens is 2. The van der Waals surface area contributed by atoms with Crippen molar-refractivity contribution in [3.63, 3.8) is 0 Å². The molecule has 0 aliphatic carbocycles. The Balaban J connectivity index is 0.00000128. The minimum atomic E-state index is -0.128. The third-order valence-corrected chi connectivity index (χ3v) is 2.94. The fraction of sp³-hybridized carbons (Fsp3) is 0.500. The third-order valence-electron chi connectivity index (χ3n) is 2.94. The zero-order chi connectivity index (χ0) is 10.8. The van der Waals surface area contributed by atoms with Crippen molar-refractivity contribution in [2.24, 2.45) is 5.73 Å². The van der Waals surface area contributed by atoms with Crippen LogP contribution in [0.15, 0.2) is 18.2 Å². The normalized spacial score (nSPS) is 20.8. The molecule has 1 aromatic carbocycles. The molecule has 0 amide bonds. The number of benzene rings is 1. The first-order valence-corrected chi connectivity index (χ1v) is 5.38. The molecular weight excluding hydrogens is 227 g/mol. The molecule has 16 heavy (non-hydrogen) atoms. The molecule has 0 saturated carbocycles. The summed E-state index contributed by atoms with van der Waals surface area (Å²) >= 11 is 0. The lowest BCUT2D eigenvalue weighted by Gasteiger charge is -2.15. The molecule has 1 aliphatic heterocycles. The molecule has 1 saturated heterocycles. The summed E-state index contributed by atoms with van der Waals surface area (Å²) in [5.41, 5.74) is 7.72. The zero-order valence-electron chi connectivity index (χ0n) is 9.45. The lowest BCUT2D eigenvalue weighted by molar-refractivity contribution is 0.326. The average molecular weight is 245 g/mol. The highest BCUT2D eigenvalue weighted by Crippen LogP contribution is 2.14. The van der Waals surface area contributed by atoms with E-state index in [1.807, 2.05) is 12.1 Å². The predicted molar refractivity (Wildman–Crippen MR) is 66.3 cm³/mol. The first kappa shape index (κ1) is 13.4. The number of nitrogens with two attached hydrogens (primary N) is 1.